The summed E-state index contributed by atoms with van der Waals surface area (Å²) in [6.07, 6.45) is 0.862. The van der Waals surface area contributed by atoms with Crippen LogP contribution in [0.3, 0.4) is 0 Å². The quantitative estimate of drug-likeness (QED) is 0.316. The molecular formula is C30H35N5O4. The molecule has 4 N–H and O–H groups in total. The molecule has 0 atom stereocenters. The number of hydrogen-bond acceptors (Lipinski definition) is 6. The van der Waals surface area contributed by atoms with Crippen molar-refractivity contribution in [2.45, 2.75) is 18.9 Å². The van der Waals surface area contributed by atoms with Crippen LogP contribution in [0.2, 0.25) is 0 Å². The van der Waals surface area contributed by atoms with Crippen LogP contribution in [0.5, 0.6) is 0 Å². The van der Waals surface area contributed by atoms with Crippen molar-refractivity contribution >= 4 is 29.3 Å². The summed E-state index contributed by atoms with van der Waals surface area (Å²) in [5, 5.41) is 11.4. The number of ether oxygens (including phenoxy) is 1. The lowest BCUT2D eigenvalue weighted by Crippen LogP contribution is -2.42. The molecule has 1 heterocycles. The van der Waals surface area contributed by atoms with Crippen LogP contribution in [0.15, 0.2) is 78.9 Å². The molecule has 4 rings (SSSR count). The molecule has 3 amide bonds. The van der Waals surface area contributed by atoms with E-state index in [0.717, 1.165) is 37.1 Å². The van der Waals surface area contributed by atoms with Gasteiger partial charge >= 0.3 is 6.09 Å². The molecule has 1 saturated heterocycles. The van der Waals surface area contributed by atoms with Crippen LogP contribution in [0.25, 0.3) is 11.1 Å². The number of piperidine rings is 1. The molecule has 0 radical (unpaired) electrons. The Hall–Kier alpha value is -4.21. The van der Waals surface area contributed by atoms with Crippen LogP contribution in [0.1, 0.15) is 23.2 Å². The van der Waals surface area contributed by atoms with Gasteiger partial charge in [0.05, 0.1) is 12.2 Å². The number of rotatable bonds is 10. The fraction of sp³-hybridized carbons (Fsp3) is 0.300. The molecule has 0 spiro atoms. The molecule has 1 fully saturated rings. The monoisotopic (exact) mass is 529 g/mol. The van der Waals surface area contributed by atoms with Gasteiger partial charge in [-0.15, -0.1) is 0 Å². The number of para-hydroxylation sites is 1. The molecule has 1 aliphatic heterocycles. The van der Waals surface area contributed by atoms with Gasteiger partial charge in [-0.3, -0.25) is 14.9 Å². The van der Waals surface area contributed by atoms with Crippen molar-refractivity contribution < 1.29 is 19.1 Å². The number of likely N-dealkylation sites (N-methyl/N-ethyl adjacent to an activating group) is 1. The van der Waals surface area contributed by atoms with Crippen LogP contribution in [-0.2, 0) is 9.53 Å². The lowest BCUT2D eigenvalue weighted by molar-refractivity contribution is -0.115. The molecule has 0 aromatic heterocycles. The molecule has 0 bridgehead atoms. The smallest absolute Gasteiger partial charge is 0.411 e. The van der Waals surface area contributed by atoms with Crippen LogP contribution in [0, 0.1) is 0 Å². The predicted octanol–water partition coefficient (Wildman–Crippen LogP) is 3.95. The van der Waals surface area contributed by atoms with Gasteiger partial charge in [-0.05, 0) is 49.7 Å². The molecule has 0 saturated carbocycles. The maximum atomic E-state index is 12.6. The van der Waals surface area contributed by atoms with Gasteiger partial charge in [-0.2, -0.15) is 0 Å². The Bertz CT molecular complexity index is 1260. The molecule has 3 aromatic carbocycles. The third-order valence-corrected chi connectivity index (χ3v) is 6.52. The second-order valence-corrected chi connectivity index (χ2v) is 9.40. The third-order valence-electron chi connectivity index (χ3n) is 6.52. The Labute approximate surface area is 228 Å². The van der Waals surface area contributed by atoms with Gasteiger partial charge in [-0.25, -0.2) is 4.79 Å². The first kappa shape index (κ1) is 27.8. The molecular weight excluding hydrogens is 494 g/mol. The molecule has 39 heavy (non-hydrogen) atoms. The Kier molecular flexibility index (Phi) is 10.0. The molecule has 1 aliphatic rings. The van der Waals surface area contributed by atoms with Crippen molar-refractivity contribution in [3.05, 3.63) is 84.4 Å². The van der Waals surface area contributed by atoms with Gasteiger partial charge in [0, 0.05) is 43.0 Å². The summed E-state index contributed by atoms with van der Waals surface area (Å²) in [5.74, 6) is -0.359. The average Bonchev–Trinajstić information content (AvgIpc) is 2.95. The van der Waals surface area contributed by atoms with E-state index in [0.29, 0.717) is 30.0 Å². The highest BCUT2D eigenvalue weighted by molar-refractivity contribution is 5.97. The van der Waals surface area contributed by atoms with Crippen molar-refractivity contribution in [1.29, 1.82) is 0 Å². The summed E-state index contributed by atoms with van der Waals surface area (Å²) in [4.78, 5) is 39.2. The third kappa shape index (κ3) is 8.39. The molecule has 204 valence electrons. The predicted molar refractivity (Wildman–Crippen MR) is 153 cm³/mol. The Balaban J connectivity index is 1.18. The first-order chi connectivity index (χ1) is 19.0. The largest absolute Gasteiger partial charge is 0.446 e. The molecule has 3 aromatic rings. The van der Waals surface area contributed by atoms with E-state index >= 15 is 0 Å². The van der Waals surface area contributed by atoms with Gasteiger partial charge in [0.1, 0.15) is 6.10 Å². The van der Waals surface area contributed by atoms with Gasteiger partial charge in [0.15, 0.2) is 0 Å². The zero-order chi connectivity index (χ0) is 27.5. The van der Waals surface area contributed by atoms with Gasteiger partial charge < -0.3 is 25.6 Å². The summed E-state index contributed by atoms with van der Waals surface area (Å²) in [6, 6.07) is 24.5. The topological polar surface area (TPSA) is 112 Å². The van der Waals surface area contributed by atoms with Crippen molar-refractivity contribution in [3.63, 3.8) is 0 Å². The molecule has 9 nitrogen and oxygen atoms in total. The van der Waals surface area contributed by atoms with E-state index in [1.807, 2.05) is 54.6 Å². The minimum atomic E-state index is -0.450. The number of benzene rings is 3. The second kappa shape index (κ2) is 14.1. The average molecular weight is 530 g/mol. The number of nitrogens with one attached hydrogen (secondary N) is 4. The molecule has 0 unspecified atom stereocenters. The van der Waals surface area contributed by atoms with E-state index in [2.05, 4.69) is 26.2 Å². The minimum Gasteiger partial charge on any atom is -0.446 e. The highest BCUT2D eigenvalue weighted by Gasteiger charge is 2.23. The zero-order valence-electron chi connectivity index (χ0n) is 22.1. The number of likely N-dealkylation sites (tertiary alicyclic amines) is 1. The number of anilines is 2. The second-order valence-electron chi connectivity index (χ2n) is 9.40. The number of hydrogen-bond donors (Lipinski definition) is 4. The zero-order valence-corrected chi connectivity index (χ0v) is 22.1. The van der Waals surface area contributed by atoms with Gasteiger partial charge in [-0.1, -0.05) is 54.6 Å². The van der Waals surface area contributed by atoms with E-state index < -0.39 is 6.09 Å². The van der Waals surface area contributed by atoms with Crippen LogP contribution < -0.4 is 21.3 Å². The van der Waals surface area contributed by atoms with E-state index in [1.165, 1.54) is 0 Å². The fourth-order valence-electron chi connectivity index (χ4n) is 4.54. The Morgan fingerprint density at radius 1 is 0.897 bits per heavy atom. The van der Waals surface area contributed by atoms with Crippen molar-refractivity contribution in [2.75, 3.05) is 50.4 Å². The number of nitrogens with zero attached hydrogens (tertiary/aromatic N) is 1. The Morgan fingerprint density at radius 2 is 1.64 bits per heavy atom. The SMILES string of the molecule is CNCC(=O)Nc1cccc(C(=O)NCCN2CCC(OC(=O)Nc3ccccc3-c3ccccc3)CC2)c1. The Morgan fingerprint density at radius 3 is 2.41 bits per heavy atom. The normalized spacial score (nSPS) is 13.9. The number of carbonyl (C=O) groups is 3. The number of carbonyl (C=O) groups excluding carboxylic acids is 3. The van der Waals surface area contributed by atoms with Crippen LogP contribution in [-0.4, -0.2) is 68.7 Å². The fourth-order valence-corrected chi connectivity index (χ4v) is 4.54. The van der Waals surface area contributed by atoms with Gasteiger partial charge in [0.2, 0.25) is 5.91 Å². The van der Waals surface area contributed by atoms with Crippen molar-refractivity contribution in [1.82, 2.24) is 15.5 Å². The molecule has 0 aliphatic carbocycles. The lowest BCUT2D eigenvalue weighted by Gasteiger charge is -2.31. The summed E-state index contributed by atoms with van der Waals surface area (Å²) in [7, 11) is 1.70. The van der Waals surface area contributed by atoms with E-state index in [1.54, 1.807) is 31.3 Å². The minimum absolute atomic E-state index is 0.152. The summed E-state index contributed by atoms with van der Waals surface area (Å²) >= 11 is 0. The lowest BCUT2D eigenvalue weighted by atomic mass is 10.0. The number of amides is 3. The van der Waals surface area contributed by atoms with Crippen LogP contribution in [0.4, 0.5) is 16.2 Å². The summed E-state index contributed by atoms with van der Waals surface area (Å²) in [5.41, 5.74) is 3.75. The van der Waals surface area contributed by atoms with Gasteiger partial charge in [0.25, 0.3) is 5.91 Å². The highest BCUT2D eigenvalue weighted by atomic mass is 16.6. The van der Waals surface area contributed by atoms with Crippen LogP contribution >= 0.6 is 0 Å². The first-order valence-corrected chi connectivity index (χ1v) is 13.2. The first-order valence-electron chi connectivity index (χ1n) is 13.2. The highest BCUT2D eigenvalue weighted by Crippen LogP contribution is 2.28. The molecule has 9 heteroatoms. The van der Waals surface area contributed by atoms with Crippen molar-refractivity contribution in [2.24, 2.45) is 0 Å². The van der Waals surface area contributed by atoms with E-state index in [4.69, 9.17) is 4.74 Å². The summed E-state index contributed by atoms with van der Waals surface area (Å²) < 4.78 is 5.71. The van der Waals surface area contributed by atoms with Crippen molar-refractivity contribution in [3.8, 4) is 11.1 Å². The van der Waals surface area contributed by atoms with E-state index in [-0.39, 0.29) is 24.5 Å². The maximum absolute atomic E-state index is 12.6. The standard InChI is InChI=1S/C30H35N5O4/c1-31-21-28(36)33-24-11-7-10-23(20-24)29(37)32-16-19-35-17-14-25(15-18-35)39-30(38)34-27-13-6-5-12-26(27)22-8-3-2-4-9-22/h2-13,20,25,31H,14-19,21H2,1H3,(H,32,37)(H,33,36)(H,34,38). The summed E-state index contributed by atoms with van der Waals surface area (Å²) in [6.45, 7) is 2.96. The van der Waals surface area contributed by atoms with E-state index in [9.17, 15) is 14.4 Å². The maximum Gasteiger partial charge on any atom is 0.411 e.